The first-order valence-corrected chi connectivity index (χ1v) is 26.9. The monoisotopic (exact) mass is 1050 g/mol. The number of aliphatic hydroxyl groups excluding tert-OH is 1. The number of aliphatic hydroxyl groups is 1. The molecule has 9 N–H and O–H groups in total. The van der Waals surface area contributed by atoms with Crippen LogP contribution in [0.25, 0.3) is 0 Å². The topological polar surface area (TPSA) is 332 Å². The highest BCUT2D eigenvalue weighted by molar-refractivity contribution is 7.99. The Morgan fingerprint density at radius 2 is 0.917 bits per heavy atom. The lowest BCUT2D eigenvalue weighted by Gasteiger charge is -2.15. The third-order valence-corrected chi connectivity index (χ3v) is 12.4. The van der Waals surface area contributed by atoms with Gasteiger partial charge in [-0.1, -0.05) is 84.0 Å². The number of nitrogens with one attached hydrogen (secondary N) is 5. The maximum atomic E-state index is 12.4. The van der Waals surface area contributed by atoms with E-state index < -0.39 is 36.5 Å². The normalized spacial score (nSPS) is 12.3. The van der Waals surface area contributed by atoms with Crippen molar-refractivity contribution in [2.24, 2.45) is 11.8 Å². The molecule has 0 aliphatic carbocycles. The van der Waals surface area contributed by atoms with Gasteiger partial charge in [-0.25, -0.2) is 4.79 Å². The van der Waals surface area contributed by atoms with Gasteiger partial charge in [-0.3, -0.25) is 38.4 Å². The molecule has 22 nitrogen and oxygen atoms in total. The van der Waals surface area contributed by atoms with Gasteiger partial charge >= 0.3 is 17.9 Å². The highest BCUT2D eigenvalue weighted by Crippen LogP contribution is 2.18. The van der Waals surface area contributed by atoms with Crippen LogP contribution in [0.3, 0.4) is 0 Å². The van der Waals surface area contributed by atoms with Crippen LogP contribution in [0.1, 0.15) is 142 Å². The van der Waals surface area contributed by atoms with E-state index in [9.17, 15) is 48.3 Å². The van der Waals surface area contributed by atoms with Gasteiger partial charge in [0.15, 0.2) is 0 Å². The molecule has 0 aliphatic heterocycles. The van der Waals surface area contributed by atoms with E-state index in [4.69, 9.17) is 34.3 Å². The van der Waals surface area contributed by atoms with Gasteiger partial charge in [-0.05, 0) is 32.1 Å². The molecule has 0 fully saturated rings. The number of carbonyl (C=O) groups excluding carboxylic acids is 6. The molecule has 0 rings (SSSR count). The highest BCUT2D eigenvalue weighted by atomic mass is 32.2. The van der Waals surface area contributed by atoms with E-state index >= 15 is 0 Å². The van der Waals surface area contributed by atoms with Crippen LogP contribution in [0.15, 0.2) is 0 Å². The van der Waals surface area contributed by atoms with Crippen LogP contribution in [0.4, 0.5) is 0 Å². The highest BCUT2D eigenvalue weighted by Gasteiger charge is 2.23. The number of Topliss-reactive ketones (excluding diaryl/α,β-unsaturated/α-hetero) is 1. The Balaban J connectivity index is 3.73. The summed E-state index contributed by atoms with van der Waals surface area (Å²) in [6.07, 6.45) is 16.0. The standard InChI is InChI=1S/C49H87N5O17S/c1-2-38(41(56)21-19-39(33-55)48(64)65)36-72-37-46(61)51-24-23-50-44(59)34-70-31-30-69-28-26-53-45(60)35-71-32-29-68-27-25-52-42(57)22-20-40(49(66)67)54-43(58)17-15-13-11-9-7-5-3-4-6-8-10-12-14-16-18-47(62)63/h38-40,55H,2-37H2,1H3,(H,50,59)(H,51,61)(H,52,57)(H,53,60)(H,54,58)(H,62,63)(H,64,65)(H,66,67)/t38-,39-,40-/m0/s1. The maximum absolute atomic E-state index is 12.4. The summed E-state index contributed by atoms with van der Waals surface area (Å²) in [6, 6.07) is -1.16. The lowest BCUT2D eigenvalue weighted by molar-refractivity contribution is -0.144. The molecule has 416 valence electrons. The third kappa shape index (κ3) is 43.2. The predicted octanol–water partition coefficient (Wildman–Crippen LogP) is 3.00. The minimum atomic E-state index is -1.20. The maximum Gasteiger partial charge on any atom is 0.326 e. The van der Waals surface area contributed by atoms with E-state index in [-0.39, 0.29) is 165 Å². The fourth-order valence-electron chi connectivity index (χ4n) is 6.97. The molecule has 0 bridgehead atoms. The second kappa shape index (κ2) is 47.6. The zero-order valence-corrected chi connectivity index (χ0v) is 43.5. The SMILES string of the molecule is CC[C@@H](CSCC(=O)NCCNC(=O)COCCOCCNC(=O)COCCOCCNC(=O)CC[C@H](NC(=O)CCCCCCCCCCCCCCCCC(=O)O)C(=O)O)C(=O)CC[C@@H](CO)C(=O)O. The molecule has 0 aromatic carbocycles. The van der Waals surface area contributed by atoms with Gasteiger partial charge in [0.25, 0.3) is 0 Å². The Morgan fingerprint density at radius 3 is 1.39 bits per heavy atom. The van der Waals surface area contributed by atoms with Crippen molar-refractivity contribution in [1.82, 2.24) is 26.6 Å². The molecule has 0 aromatic rings. The first-order valence-electron chi connectivity index (χ1n) is 25.8. The van der Waals surface area contributed by atoms with Crippen LogP contribution in [0.2, 0.25) is 0 Å². The van der Waals surface area contributed by atoms with Crippen molar-refractivity contribution in [3.63, 3.8) is 0 Å². The summed E-state index contributed by atoms with van der Waals surface area (Å²) in [5.41, 5.74) is 0. The quantitative estimate of drug-likeness (QED) is 0.0395. The van der Waals surface area contributed by atoms with Crippen LogP contribution < -0.4 is 26.6 Å². The zero-order chi connectivity index (χ0) is 53.5. The summed E-state index contributed by atoms with van der Waals surface area (Å²) >= 11 is 1.29. The number of carboxylic acids is 3. The summed E-state index contributed by atoms with van der Waals surface area (Å²) < 4.78 is 21.3. The fraction of sp³-hybridized carbons (Fsp3) is 0.816. The molecule has 23 heteroatoms. The zero-order valence-electron chi connectivity index (χ0n) is 42.7. The summed E-state index contributed by atoms with van der Waals surface area (Å²) in [7, 11) is 0. The Morgan fingerprint density at radius 1 is 0.458 bits per heavy atom. The largest absolute Gasteiger partial charge is 0.481 e. The first kappa shape index (κ1) is 67.6. The minimum absolute atomic E-state index is 0.0436. The predicted molar refractivity (Wildman–Crippen MR) is 269 cm³/mol. The Bertz CT molecular complexity index is 1530. The number of thioether (sulfide) groups is 1. The molecular weight excluding hydrogens is 963 g/mol. The molecular formula is C49H87N5O17S. The number of ketones is 1. The van der Waals surface area contributed by atoms with Crippen molar-refractivity contribution in [2.45, 2.75) is 148 Å². The number of hydrogen-bond acceptors (Lipinski definition) is 15. The van der Waals surface area contributed by atoms with Crippen LogP contribution in [-0.4, -0.2) is 177 Å². The van der Waals surface area contributed by atoms with Gasteiger partial charge in [-0.2, -0.15) is 11.8 Å². The van der Waals surface area contributed by atoms with E-state index in [0.29, 0.717) is 18.6 Å². The van der Waals surface area contributed by atoms with Crippen LogP contribution in [-0.2, 0) is 62.1 Å². The number of ether oxygens (including phenoxy) is 4. The van der Waals surface area contributed by atoms with Gasteiger partial charge in [0.2, 0.25) is 29.5 Å². The lowest BCUT2D eigenvalue weighted by atomic mass is 9.95. The fourth-order valence-corrected chi connectivity index (χ4v) is 8.08. The molecule has 5 amide bonds. The van der Waals surface area contributed by atoms with Gasteiger partial charge < -0.3 is 66.0 Å². The van der Waals surface area contributed by atoms with Crippen LogP contribution >= 0.6 is 11.8 Å². The summed E-state index contributed by atoms with van der Waals surface area (Å²) in [5.74, 6) is -5.60. The van der Waals surface area contributed by atoms with Gasteiger partial charge in [-0.15, -0.1) is 0 Å². The Hall–Kier alpha value is -4.42. The molecule has 0 heterocycles. The van der Waals surface area contributed by atoms with Crippen molar-refractivity contribution in [3.05, 3.63) is 0 Å². The average Bonchev–Trinajstić information content (AvgIpc) is 3.34. The Kier molecular flexibility index (Phi) is 44.7. The second-order valence-electron chi connectivity index (χ2n) is 17.4. The molecule has 0 saturated carbocycles. The van der Waals surface area contributed by atoms with E-state index in [1.807, 2.05) is 6.92 Å². The van der Waals surface area contributed by atoms with E-state index in [2.05, 4.69) is 26.6 Å². The number of unbranched alkanes of at least 4 members (excludes halogenated alkanes) is 13. The van der Waals surface area contributed by atoms with Crippen LogP contribution in [0.5, 0.6) is 0 Å². The van der Waals surface area contributed by atoms with Crippen molar-refractivity contribution in [1.29, 1.82) is 0 Å². The molecule has 0 radical (unpaired) electrons. The van der Waals surface area contributed by atoms with Gasteiger partial charge in [0.05, 0.1) is 57.9 Å². The van der Waals surface area contributed by atoms with Crippen LogP contribution in [0, 0.1) is 11.8 Å². The smallest absolute Gasteiger partial charge is 0.326 e. The number of rotatable bonds is 52. The van der Waals surface area contributed by atoms with Crippen molar-refractivity contribution in [3.8, 4) is 0 Å². The number of aliphatic carboxylic acids is 3. The van der Waals surface area contributed by atoms with Crippen molar-refractivity contribution < 1.29 is 82.5 Å². The molecule has 0 saturated heterocycles. The molecule has 0 aliphatic rings. The van der Waals surface area contributed by atoms with E-state index in [1.54, 1.807) is 0 Å². The number of amides is 5. The van der Waals surface area contributed by atoms with Gasteiger partial charge in [0.1, 0.15) is 25.0 Å². The average molecular weight is 1050 g/mol. The summed E-state index contributed by atoms with van der Waals surface area (Å²) in [4.78, 5) is 106. The van der Waals surface area contributed by atoms with E-state index in [1.165, 1.54) is 50.3 Å². The first-order chi connectivity index (χ1) is 34.7. The lowest BCUT2D eigenvalue weighted by Crippen LogP contribution is -2.41. The number of carboxylic acid groups (broad SMARTS) is 3. The van der Waals surface area contributed by atoms with Crippen molar-refractivity contribution >= 4 is 65.0 Å². The molecule has 0 aromatic heterocycles. The molecule has 3 atom stereocenters. The third-order valence-electron chi connectivity index (χ3n) is 11.3. The van der Waals surface area contributed by atoms with Gasteiger partial charge in [0, 0.05) is 63.5 Å². The number of hydrogen-bond donors (Lipinski definition) is 9. The number of carbonyl (C=O) groups is 9. The molecule has 0 unspecified atom stereocenters. The summed E-state index contributed by atoms with van der Waals surface area (Å²) in [5, 5.41) is 49.4. The second-order valence-corrected chi connectivity index (χ2v) is 18.4. The Labute approximate surface area is 429 Å². The molecule has 0 spiro atoms. The minimum Gasteiger partial charge on any atom is -0.481 e. The van der Waals surface area contributed by atoms with E-state index in [0.717, 1.165) is 44.9 Å². The van der Waals surface area contributed by atoms with Crippen molar-refractivity contribution in [2.75, 3.05) is 97.1 Å². The summed E-state index contributed by atoms with van der Waals surface area (Å²) in [6.45, 7) is 2.75. The molecule has 72 heavy (non-hydrogen) atoms.